The Labute approximate surface area is 156 Å². The third-order valence-electron chi connectivity index (χ3n) is 6.77. The first kappa shape index (κ1) is 16.3. The van der Waals surface area contributed by atoms with Gasteiger partial charge in [-0.1, -0.05) is 12.1 Å². The monoisotopic (exact) mass is 364 g/mol. The van der Waals surface area contributed by atoms with Gasteiger partial charge in [0.2, 0.25) is 0 Å². The minimum Gasteiger partial charge on any atom is -0.478 e. The van der Waals surface area contributed by atoms with E-state index in [9.17, 15) is 20.0 Å². The molecule has 0 spiro atoms. The molecule has 5 rings (SSSR count). The molecule has 0 amide bonds. The van der Waals surface area contributed by atoms with Crippen LogP contribution in [0.5, 0.6) is 0 Å². The number of non-ortho nitro benzene ring substituents is 1. The van der Waals surface area contributed by atoms with Crippen LogP contribution in [0, 0.1) is 27.9 Å². The van der Waals surface area contributed by atoms with Gasteiger partial charge in [0, 0.05) is 17.8 Å². The Kier molecular flexibility index (Phi) is 3.50. The van der Waals surface area contributed by atoms with Gasteiger partial charge in [-0.05, 0) is 72.3 Å². The molecule has 2 fully saturated rings. The molecule has 2 bridgehead atoms. The molecule has 6 nitrogen and oxygen atoms in total. The van der Waals surface area contributed by atoms with E-state index in [2.05, 4.69) is 5.32 Å². The average molecular weight is 364 g/mol. The van der Waals surface area contributed by atoms with Gasteiger partial charge < -0.3 is 10.4 Å². The van der Waals surface area contributed by atoms with Crippen molar-refractivity contribution >= 4 is 17.3 Å². The standard InChI is InChI=1S/C21H20N2O4/c24-21(25)14-6-7-17-16(10-14)18-11-4-5-12(8-11)19(18)20(22-17)13-2-1-3-15(9-13)23(26)27/h1-3,6-7,9-12,18-20,22H,4-5,8H2,(H,24,25)/t11-,12-,18-,19-,20+/m0/s1. The zero-order valence-corrected chi connectivity index (χ0v) is 14.7. The minimum absolute atomic E-state index is 0.0216. The molecule has 138 valence electrons. The van der Waals surface area contributed by atoms with Crippen LogP contribution >= 0.6 is 0 Å². The zero-order valence-electron chi connectivity index (χ0n) is 14.7. The lowest BCUT2D eigenvalue weighted by molar-refractivity contribution is -0.384. The molecule has 2 N–H and O–H groups in total. The normalized spacial score (nSPS) is 30.3. The predicted octanol–water partition coefficient (Wildman–Crippen LogP) is 4.59. The summed E-state index contributed by atoms with van der Waals surface area (Å²) in [5, 5.41) is 24.2. The molecule has 0 radical (unpaired) electrons. The van der Waals surface area contributed by atoms with E-state index in [1.165, 1.54) is 25.3 Å². The Morgan fingerprint density at radius 3 is 2.74 bits per heavy atom. The first-order valence-corrected chi connectivity index (χ1v) is 9.41. The van der Waals surface area contributed by atoms with E-state index in [1.54, 1.807) is 18.2 Å². The van der Waals surface area contributed by atoms with Crippen LogP contribution in [-0.2, 0) is 0 Å². The van der Waals surface area contributed by atoms with E-state index in [-0.39, 0.29) is 16.7 Å². The summed E-state index contributed by atoms with van der Waals surface area (Å²) in [7, 11) is 0. The van der Waals surface area contributed by atoms with Gasteiger partial charge >= 0.3 is 5.97 Å². The largest absolute Gasteiger partial charge is 0.478 e. The van der Waals surface area contributed by atoms with Crippen LogP contribution in [-0.4, -0.2) is 16.0 Å². The smallest absolute Gasteiger partial charge is 0.335 e. The number of carboxylic acid groups (broad SMARTS) is 1. The molecule has 1 aliphatic heterocycles. The topological polar surface area (TPSA) is 92.5 Å². The molecule has 2 aromatic rings. The minimum atomic E-state index is -0.904. The lowest BCUT2D eigenvalue weighted by atomic mass is 9.68. The van der Waals surface area contributed by atoms with Crippen LogP contribution in [0.3, 0.4) is 0 Å². The summed E-state index contributed by atoms with van der Waals surface area (Å²) in [6.07, 6.45) is 3.54. The van der Waals surface area contributed by atoms with Crippen molar-refractivity contribution in [2.45, 2.75) is 31.2 Å². The highest BCUT2D eigenvalue weighted by Gasteiger charge is 2.53. The van der Waals surface area contributed by atoms with Crippen molar-refractivity contribution in [1.82, 2.24) is 0 Å². The highest BCUT2D eigenvalue weighted by molar-refractivity contribution is 5.88. The van der Waals surface area contributed by atoms with Gasteiger partial charge in [-0.3, -0.25) is 10.1 Å². The van der Waals surface area contributed by atoms with Gasteiger partial charge in [-0.2, -0.15) is 0 Å². The van der Waals surface area contributed by atoms with Gasteiger partial charge in [0.1, 0.15) is 0 Å². The number of nitro groups is 1. The van der Waals surface area contributed by atoms with E-state index in [4.69, 9.17) is 0 Å². The maximum absolute atomic E-state index is 11.4. The van der Waals surface area contributed by atoms with E-state index in [0.717, 1.165) is 16.8 Å². The molecule has 2 aliphatic carbocycles. The van der Waals surface area contributed by atoms with Crippen LogP contribution in [0.1, 0.15) is 52.7 Å². The third-order valence-corrected chi connectivity index (χ3v) is 6.77. The fourth-order valence-corrected chi connectivity index (χ4v) is 5.78. The van der Waals surface area contributed by atoms with Gasteiger partial charge in [-0.15, -0.1) is 0 Å². The van der Waals surface area contributed by atoms with Crippen LogP contribution in [0.15, 0.2) is 42.5 Å². The number of rotatable bonds is 3. The van der Waals surface area contributed by atoms with E-state index < -0.39 is 5.97 Å². The Bertz CT molecular complexity index is 957. The number of carbonyl (C=O) groups is 1. The highest BCUT2D eigenvalue weighted by atomic mass is 16.6. The maximum atomic E-state index is 11.4. The van der Waals surface area contributed by atoms with Crippen LogP contribution in [0.2, 0.25) is 0 Å². The Morgan fingerprint density at radius 1 is 1.15 bits per heavy atom. The van der Waals surface area contributed by atoms with Crippen molar-refractivity contribution in [2.24, 2.45) is 17.8 Å². The SMILES string of the molecule is O=C(O)c1ccc2c(c1)[C@@H]1[C@H]3CC[C@@H](C3)[C@@H]1[C@@H](c1cccc([N+](=O)[O-])c1)N2. The number of hydrogen-bond acceptors (Lipinski definition) is 4. The second kappa shape index (κ2) is 5.81. The zero-order chi connectivity index (χ0) is 18.7. The Morgan fingerprint density at radius 2 is 1.96 bits per heavy atom. The fourth-order valence-electron chi connectivity index (χ4n) is 5.78. The maximum Gasteiger partial charge on any atom is 0.335 e. The summed E-state index contributed by atoms with van der Waals surface area (Å²) in [4.78, 5) is 22.3. The number of nitrogens with one attached hydrogen (secondary N) is 1. The second-order valence-corrected chi connectivity index (χ2v) is 8.02. The van der Waals surface area contributed by atoms with Crippen molar-refractivity contribution in [3.05, 3.63) is 69.3 Å². The van der Waals surface area contributed by atoms with Crippen molar-refractivity contribution in [3.63, 3.8) is 0 Å². The molecule has 0 saturated heterocycles. The molecule has 5 atom stereocenters. The number of nitrogens with zero attached hydrogens (tertiary/aromatic N) is 1. The first-order chi connectivity index (χ1) is 13.0. The summed E-state index contributed by atoms with van der Waals surface area (Å²) < 4.78 is 0. The number of hydrogen-bond donors (Lipinski definition) is 2. The first-order valence-electron chi connectivity index (χ1n) is 9.41. The highest BCUT2D eigenvalue weighted by Crippen LogP contribution is 2.63. The van der Waals surface area contributed by atoms with E-state index >= 15 is 0 Å². The molecule has 27 heavy (non-hydrogen) atoms. The molecular weight excluding hydrogens is 344 g/mol. The van der Waals surface area contributed by atoms with Crippen LogP contribution < -0.4 is 5.32 Å². The summed E-state index contributed by atoms with van der Waals surface area (Å²) in [5.74, 6) is 0.925. The molecule has 3 aliphatic rings. The molecule has 6 heteroatoms. The molecular formula is C21H20N2O4. The predicted molar refractivity (Wildman–Crippen MR) is 99.9 cm³/mol. The van der Waals surface area contributed by atoms with Crippen molar-refractivity contribution in [2.75, 3.05) is 5.32 Å². The summed E-state index contributed by atoms with van der Waals surface area (Å²) in [6.45, 7) is 0. The lowest BCUT2D eigenvalue weighted by Gasteiger charge is -2.43. The molecule has 1 heterocycles. The number of fused-ring (bicyclic) bond motifs is 7. The average Bonchev–Trinajstić information content (AvgIpc) is 3.29. The van der Waals surface area contributed by atoms with Gasteiger partial charge in [-0.25, -0.2) is 4.79 Å². The van der Waals surface area contributed by atoms with Gasteiger partial charge in [0.25, 0.3) is 5.69 Å². The number of aromatic carboxylic acids is 1. The van der Waals surface area contributed by atoms with Crippen molar-refractivity contribution in [3.8, 4) is 0 Å². The van der Waals surface area contributed by atoms with E-state index in [0.29, 0.717) is 29.2 Å². The number of nitro benzene ring substituents is 1. The molecule has 2 saturated carbocycles. The van der Waals surface area contributed by atoms with Crippen LogP contribution in [0.25, 0.3) is 0 Å². The van der Waals surface area contributed by atoms with Crippen LogP contribution in [0.4, 0.5) is 11.4 Å². The molecule has 0 aromatic heterocycles. The molecule has 2 aromatic carbocycles. The van der Waals surface area contributed by atoms with Crippen molar-refractivity contribution < 1.29 is 14.8 Å². The quantitative estimate of drug-likeness (QED) is 0.614. The fraction of sp³-hybridized carbons (Fsp3) is 0.381. The van der Waals surface area contributed by atoms with Crippen molar-refractivity contribution in [1.29, 1.82) is 0 Å². The number of anilines is 1. The van der Waals surface area contributed by atoms with E-state index in [1.807, 2.05) is 18.2 Å². The second-order valence-electron chi connectivity index (χ2n) is 8.02. The number of benzene rings is 2. The third kappa shape index (κ3) is 2.43. The summed E-state index contributed by atoms with van der Waals surface area (Å²) in [5.41, 5.74) is 3.45. The molecule has 0 unspecified atom stereocenters. The van der Waals surface area contributed by atoms with Gasteiger partial charge in [0.15, 0.2) is 0 Å². The summed E-state index contributed by atoms with van der Waals surface area (Å²) in [6, 6.07) is 12.2. The van der Waals surface area contributed by atoms with Gasteiger partial charge in [0.05, 0.1) is 16.5 Å². The summed E-state index contributed by atoms with van der Waals surface area (Å²) >= 11 is 0. The number of carboxylic acids is 1. The lowest BCUT2D eigenvalue weighted by Crippen LogP contribution is -2.35. The Hall–Kier alpha value is -2.89. The Balaban J connectivity index is 1.62.